The summed E-state index contributed by atoms with van der Waals surface area (Å²) >= 11 is 0. The Morgan fingerprint density at radius 3 is 2.59 bits per heavy atom. The maximum absolute atomic E-state index is 5.82. The van der Waals surface area contributed by atoms with Crippen molar-refractivity contribution in [2.24, 2.45) is 0 Å². The SMILES string of the molecule is CCC(C)N(CC)CCOc1ccccc1N. The maximum atomic E-state index is 5.82. The van der Waals surface area contributed by atoms with E-state index < -0.39 is 0 Å². The summed E-state index contributed by atoms with van der Waals surface area (Å²) in [5, 5.41) is 0. The van der Waals surface area contributed by atoms with Gasteiger partial charge in [0, 0.05) is 12.6 Å². The normalized spacial score (nSPS) is 12.7. The summed E-state index contributed by atoms with van der Waals surface area (Å²) in [4.78, 5) is 2.42. The first-order chi connectivity index (χ1) is 8.19. The van der Waals surface area contributed by atoms with Gasteiger partial charge in [0.1, 0.15) is 12.4 Å². The third-order valence-electron chi connectivity index (χ3n) is 3.18. The van der Waals surface area contributed by atoms with Gasteiger partial charge in [0.05, 0.1) is 5.69 Å². The third kappa shape index (κ3) is 4.27. The van der Waals surface area contributed by atoms with Crippen LogP contribution in [0.5, 0.6) is 5.75 Å². The van der Waals surface area contributed by atoms with Gasteiger partial charge in [-0.05, 0) is 32.0 Å². The van der Waals surface area contributed by atoms with E-state index in [-0.39, 0.29) is 0 Å². The zero-order chi connectivity index (χ0) is 12.7. The molecule has 0 saturated carbocycles. The van der Waals surface area contributed by atoms with Crippen LogP contribution in [-0.2, 0) is 0 Å². The van der Waals surface area contributed by atoms with Crippen molar-refractivity contribution < 1.29 is 4.74 Å². The van der Waals surface area contributed by atoms with Crippen LogP contribution in [0.4, 0.5) is 5.69 Å². The summed E-state index contributed by atoms with van der Waals surface area (Å²) in [6, 6.07) is 8.24. The number of rotatable bonds is 7. The van der Waals surface area contributed by atoms with Crippen molar-refractivity contribution in [3.8, 4) is 5.75 Å². The van der Waals surface area contributed by atoms with E-state index in [2.05, 4.69) is 25.7 Å². The van der Waals surface area contributed by atoms with E-state index in [0.29, 0.717) is 18.3 Å². The van der Waals surface area contributed by atoms with Crippen LogP contribution in [-0.4, -0.2) is 30.6 Å². The van der Waals surface area contributed by atoms with Gasteiger partial charge < -0.3 is 10.5 Å². The first kappa shape index (κ1) is 13.8. The van der Waals surface area contributed by atoms with E-state index in [0.717, 1.165) is 18.8 Å². The molecule has 3 heteroatoms. The standard InChI is InChI=1S/C14H24N2O/c1-4-12(3)16(5-2)10-11-17-14-9-7-6-8-13(14)15/h6-9,12H,4-5,10-11,15H2,1-3H3. The number of hydrogen-bond acceptors (Lipinski definition) is 3. The smallest absolute Gasteiger partial charge is 0.142 e. The molecule has 1 atom stereocenters. The molecular formula is C14H24N2O. The van der Waals surface area contributed by atoms with Crippen molar-refractivity contribution in [2.45, 2.75) is 33.2 Å². The molecule has 0 aliphatic rings. The zero-order valence-electron chi connectivity index (χ0n) is 11.1. The fourth-order valence-corrected chi connectivity index (χ4v) is 1.83. The van der Waals surface area contributed by atoms with E-state index >= 15 is 0 Å². The molecule has 0 saturated heterocycles. The first-order valence-corrected chi connectivity index (χ1v) is 6.40. The number of benzene rings is 1. The highest BCUT2D eigenvalue weighted by Crippen LogP contribution is 2.19. The largest absolute Gasteiger partial charge is 0.490 e. The Hall–Kier alpha value is -1.22. The number of ether oxygens (including phenoxy) is 1. The average molecular weight is 236 g/mol. The number of hydrogen-bond donors (Lipinski definition) is 1. The van der Waals surface area contributed by atoms with Crippen LogP contribution in [0.3, 0.4) is 0 Å². The lowest BCUT2D eigenvalue weighted by Crippen LogP contribution is -2.35. The lowest BCUT2D eigenvalue weighted by Gasteiger charge is -2.26. The second-order valence-electron chi connectivity index (χ2n) is 4.27. The number of para-hydroxylation sites is 2. The van der Waals surface area contributed by atoms with Gasteiger partial charge >= 0.3 is 0 Å². The minimum absolute atomic E-state index is 0.608. The van der Waals surface area contributed by atoms with Crippen molar-refractivity contribution in [2.75, 3.05) is 25.4 Å². The Kier molecular flexibility index (Phi) is 5.84. The highest BCUT2D eigenvalue weighted by Gasteiger charge is 2.09. The van der Waals surface area contributed by atoms with Gasteiger partial charge in [-0.2, -0.15) is 0 Å². The van der Waals surface area contributed by atoms with Gasteiger partial charge in [0.2, 0.25) is 0 Å². The molecule has 96 valence electrons. The quantitative estimate of drug-likeness (QED) is 0.740. The molecule has 0 heterocycles. The van der Waals surface area contributed by atoms with E-state index in [4.69, 9.17) is 10.5 Å². The van der Waals surface area contributed by atoms with Crippen LogP contribution in [0.15, 0.2) is 24.3 Å². The summed E-state index contributed by atoms with van der Waals surface area (Å²) in [6.07, 6.45) is 1.17. The maximum Gasteiger partial charge on any atom is 0.142 e. The molecule has 1 aromatic rings. The van der Waals surface area contributed by atoms with Crippen LogP contribution in [0.2, 0.25) is 0 Å². The molecule has 0 fully saturated rings. The van der Waals surface area contributed by atoms with Gasteiger partial charge in [0.25, 0.3) is 0 Å². The highest BCUT2D eigenvalue weighted by molar-refractivity contribution is 5.51. The topological polar surface area (TPSA) is 38.5 Å². The molecule has 0 aromatic heterocycles. The Labute approximate surface area is 105 Å². The molecule has 17 heavy (non-hydrogen) atoms. The molecule has 0 amide bonds. The fourth-order valence-electron chi connectivity index (χ4n) is 1.83. The predicted molar refractivity (Wildman–Crippen MR) is 73.3 cm³/mol. The third-order valence-corrected chi connectivity index (χ3v) is 3.18. The molecule has 0 radical (unpaired) electrons. The number of nitrogen functional groups attached to an aromatic ring is 1. The van der Waals surface area contributed by atoms with Crippen molar-refractivity contribution in [3.05, 3.63) is 24.3 Å². The van der Waals surface area contributed by atoms with Crippen molar-refractivity contribution in [1.29, 1.82) is 0 Å². The minimum Gasteiger partial charge on any atom is -0.490 e. The van der Waals surface area contributed by atoms with Gasteiger partial charge in [0.15, 0.2) is 0 Å². The lowest BCUT2D eigenvalue weighted by atomic mass is 10.2. The number of anilines is 1. The molecular weight excluding hydrogens is 212 g/mol. The first-order valence-electron chi connectivity index (χ1n) is 6.40. The predicted octanol–water partition coefficient (Wildman–Crippen LogP) is 2.77. The molecule has 1 rings (SSSR count). The van der Waals surface area contributed by atoms with Gasteiger partial charge in [-0.3, -0.25) is 4.90 Å². The minimum atomic E-state index is 0.608. The molecule has 2 N–H and O–H groups in total. The number of nitrogens with zero attached hydrogens (tertiary/aromatic N) is 1. The fraction of sp³-hybridized carbons (Fsp3) is 0.571. The molecule has 0 aliphatic carbocycles. The van der Waals surface area contributed by atoms with Crippen molar-refractivity contribution >= 4 is 5.69 Å². The van der Waals surface area contributed by atoms with Crippen LogP contribution in [0.25, 0.3) is 0 Å². The van der Waals surface area contributed by atoms with E-state index in [9.17, 15) is 0 Å². The highest BCUT2D eigenvalue weighted by atomic mass is 16.5. The van der Waals surface area contributed by atoms with E-state index in [1.807, 2.05) is 24.3 Å². The van der Waals surface area contributed by atoms with Crippen LogP contribution < -0.4 is 10.5 Å². The zero-order valence-corrected chi connectivity index (χ0v) is 11.1. The van der Waals surface area contributed by atoms with Gasteiger partial charge in [-0.15, -0.1) is 0 Å². The molecule has 1 aromatic carbocycles. The summed E-state index contributed by atoms with van der Waals surface area (Å²) < 4.78 is 5.70. The number of nitrogens with two attached hydrogens (primary N) is 1. The van der Waals surface area contributed by atoms with Crippen LogP contribution in [0.1, 0.15) is 27.2 Å². The Bertz CT molecular complexity index is 328. The summed E-state index contributed by atoms with van der Waals surface area (Å²) in [7, 11) is 0. The Balaban J connectivity index is 2.39. The lowest BCUT2D eigenvalue weighted by molar-refractivity contribution is 0.172. The summed E-state index contributed by atoms with van der Waals surface area (Å²) in [6.45, 7) is 9.33. The Morgan fingerprint density at radius 2 is 2.00 bits per heavy atom. The second-order valence-corrected chi connectivity index (χ2v) is 4.27. The van der Waals surface area contributed by atoms with Crippen LogP contribution >= 0.6 is 0 Å². The molecule has 1 unspecified atom stereocenters. The molecule has 0 spiro atoms. The summed E-state index contributed by atoms with van der Waals surface area (Å²) in [5.74, 6) is 0.785. The van der Waals surface area contributed by atoms with E-state index in [1.165, 1.54) is 6.42 Å². The Morgan fingerprint density at radius 1 is 1.29 bits per heavy atom. The van der Waals surface area contributed by atoms with E-state index in [1.54, 1.807) is 0 Å². The average Bonchev–Trinajstić information content (AvgIpc) is 2.36. The molecule has 0 bridgehead atoms. The van der Waals surface area contributed by atoms with Gasteiger partial charge in [-0.25, -0.2) is 0 Å². The summed E-state index contributed by atoms with van der Waals surface area (Å²) in [5.41, 5.74) is 6.52. The molecule has 3 nitrogen and oxygen atoms in total. The molecule has 0 aliphatic heterocycles. The van der Waals surface area contributed by atoms with Crippen LogP contribution in [0, 0.1) is 0 Å². The monoisotopic (exact) mass is 236 g/mol. The van der Waals surface area contributed by atoms with Crippen molar-refractivity contribution in [3.63, 3.8) is 0 Å². The van der Waals surface area contributed by atoms with Gasteiger partial charge in [-0.1, -0.05) is 26.0 Å². The van der Waals surface area contributed by atoms with Crippen molar-refractivity contribution in [1.82, 2.24) is 4.90 Å². The second kappa shape index (κ2) is 7.17. The number of likely N-dealkylation sites (N-methyl/N-ethyl adjacent to an activating group) is 1.